The van der Waals surface area contributed by atoms with Gasteiger partial charge in [0.15, 0.2) is 0 Å². The van der Waals surface area contributed by atoms with Crippen LogP contribution in [0.4, 0.5) is 4.79 Å². The van der Waals surface area contributed by atoms with E-state index in [-0.39, 0.29) is 18.5 Å². The van der Waals surface area contributed by atoms with Crippen LogP contribution in [0.3, 0.4) is 0 Å². The molecule has 1 fully saturated rings. The molecule has 0 radical (unpaired) electrons. The molecule has 1 heterocycles. The first-order chi connectivity index (χ1) is 12.4. The Hall–Kier alpha value is -2.28. The molecule has 0 unspecified atom stereocenters. The topological polar surface area (TPSA) is 79.9 Å². The predicted octanol–water partition coefficient (Wildman–Crippen LogP) is 2.32. The van der Waals surface area contributed by atoms with E-state index >= 15 is 0 Å². The Labute approximate surface area is 155 Å². The summed E-state index contributed by atoms with van der Waals surface area (Å²) in [5.74, 6) is 1.51. The minimum Gasteiger partial charge on any atom is -0.497 e. The second-order valence-electron chi connectivity index (χ2n) is 6.89. The normalized spacial score (nSPS) is 17.2. The number of methoxy groups -OCH3 is 2. The van der Waals surface area contributed by atoms with Crippen LogP contribution in [-0.4, -0.2) is 50.7 Å². The van der Waals surface area contributed by atoms with Crippen LogP contribution in [0.2, 0.25) is 0 Å². The third-order valence-corrected chi connectivity index (χ3v) is 4.43. The Kier molecular flexibility index (Phi) is 7.26. The third kappa shape index (κ3) is 5.36. The third-order valence-electron chi connectivity index (χ3n) is 4.43. The molecule has 26 heavy (non-hydrogen) atoms. The number of ether oxygens (including phenoxy) is 2. The monoisotopic (exact) mass is 363 g/mol. The van der Waals surface area contributed by atoms with Gasteiger partial charge in [0, 0.05) is 24.2 Å². The fourth-order valence-electron chi connectivity index (χ4n) is 3.15. The van der Waals surface area contributed by atoms with Gasteiger partial charge in [0.25, 0.3) is 0 Å². The molecule has 1 aliphatic rings. The van der Waals surface area contributed by atoms with Crippen molar-refractivity contribution in [2.24, 2.45) is 5.92 Å². The van der Waals surface area contributed by atoms with E-state index in [4.69, 9.17) is 9.47 Å². The fraction of sp³-hybridized carbons (Fsp3) is 0.579. The van der Waals surface area contributed by atoms with Crippen molar-refractivity contribution in [3.8, 4) is 11.5 Å². The van der Waals surface area contributed by atoms with E-state index in [0.29, 0.717) is 12.5 Å². The number of carbonyl (C=O) groups is 2. The molecule has 1 saturated heterocycles. The highest BCUT2D eigenvalue weighted by Crippen LogP contribution is 2.38. The maximum absolute atomic E-state index is 12.2. The maximum atomic E-state index is 12.2. The van der Waals surface area contributed by atoms with Crippen molar-refractivity contribution in [2.45, 2.75) is 32.7 Å². The van der Waals surface area contributed by atoms with Gasteiger partial charge in [-0.15, -0.1) is 0 Å². The fourth-order valence-corrected chi connectivity index (χ4v) is 3.15. The summed E-state index contributed by atoms with van der Waals surface area (Å²) in [5.41, 5.74) is 1.03. The van der Waals surface area contributed by atoms with E-state index in [2.05, 4.69) is 15.5 Å². The quantitative estimate of drug-likeness (QED) is 0.777. The lowest BCUT2D eigenvalue weighted by atomic mass is 10.0. The molecule has 3 amide bonds. The van der Waals surface area contributed by atoms with E-state index < -0.39 is 6.03 Å². The highest BCUT2D eigenvalue weighted by molar-refractivity contribution is 5.95. The number of nitrogens with zero attached hydrogens (tertiary/aromatic N) is 1. The zero-order valence-electron chi connectivity index (χ0n) is 16.0. The summed E-state index contributed by atoms with van der Waals surface area (Å²) in [6, 6.07) is 5.37. The van der Waals surface area contributed by atoms with Crippen molar-refractivity contribution < 1.29 is 19.1 Å². The van der Waals surface area contributed by atoms with Crippen LogP contribution >= 0.6 is 0 Å². The number of imide groups is 1. The van der Waals surface area contributed by atoms with Crippen molar-refractivity contribution in [2.75, 3.05) is 33.9 Å². The van der Waals surface area contributed by atoms with Crippen LogP contribution < -0.4 is 20.1 Å². The summed E-state index contributed by atoms with van der Waals surface area (Å²) in [4.78, 5) is 26.1. The molecule has 2 rings (SSSR count). The van der Waals surface area contributed by atoms with Crippen LogP contribution in [0.1, 0.15) is 38.3 Å². The predicted molar refractivity (Wildman–Crippen MR) is 99.5 cm³/mol. The van der Waals surface area contributed by atoms with Crippen molar-refractivity contribution in [3.05, 3.63) is 23.8 Å². The number of nitrogens with one attached hydrogen (secondary N) is 2. The van der Waals surface area contributed by atoms with E-state index in [9.17, 15) is 9.59 Å². The summed E-state index contributed by atoms with van der Waals surface area (Å²) in [6.45, 7) is 5.52. The average molecular weight is 363 g/mol. The summed E-state index contributed by atoms with van der Waals surface area (Å²) in [6.07, 6.45) is 1.93. The molecule has 144 valence electrons. The summed E-state index contributed by atoms with van der Waals surface area (Å²) in [5, 5.41) is 5.09. The van der Waals surface area contributed by atoms with E-state index in [1.165, 1.54) is 0 Å². The van der Waals surface area contributed by atoms with Crippen LogP contribution in [0.5, 0.6) is 11.5 Å². The van der Waals surface area contributed by atoms with Gasteiger partial charge in [0.2, 0.25) is 5.91 Å². The molecule has 0 aromatic heterocycles. The molecule has 2 N–H and O–H groups in total. The Morgan fingerprint density at radius 1 is 1.27 bits per heavy atom. The summed E-state index contributed by atoms with van der Waals surface area (Å²) < 4.78 is 10.7. The van der Waals surface area contributed by atoms with Gasteiger partial charge in [-0.25, -0.2) is 4.79 Å². The van der Waals surface area contributed by atoms with Crippen molar-refractivity contribution in [1.82, 2.24) is 15.5 Å². The van der Waals surface area contributed by atoms with Crippen LogP contribution in [-0.2, 0) is 4.79 Å². The molecule has 1 aromatic carbocycles. The van der Waals surface area contributed by atoms with Gasteiger partial charge in [-0.3, -0.25) is 15.0 Å². The lowest BCUT2D eigenvalue weighted by Crippen LogP contribution is -2.45. The molecule has 0 bridgehead atoms. The number of rotatable bonds is 7. The lowest BCUT2D eigenvalue weighted by molar-refractivity contribution is -0.121. The largest absolute Gasteiger partial charge is 0.497 e. The second kappa shape index (κ2) is 9.43. The maximum Gasteiger partial charge on any atom is 0.321 e. The smallest absolute Gasteiger partial charge is 0.321 e. The molecule has 1 aliphatic heterocycles. The first kappa shape index (κ1) is 20.0. The number of hydrogen-bond acceptors (Lipinski definition) is 5. The molecule has 7 heteroatoms. The van der Waals surface area contributed by atoms with Crippen molar-refractivity contribution >= 4 is 11.9 Å². The number of likely N-dealkylation sites (tertiary alicyclic amines) is 1. The minimum absolute atomic E-state index is 0.0836. The zero-order valence-corrected chi connectivity index (χ0v) is 16.0. The molecule has 0 spiro atoms. The Bertz CT molecular complexity index is 633. The van der Waals surface area contributed by atoms with Gasteiger partial charge in [-0.05, 0) is 31.4 Å². The van der Waals surface area contributed by atoms with Gasteiger partial charge in [-0.1, -0.05) is 19.9 Å². The lowest BCUT2D eigenvalue weighted by Gasteiger charge is -2.25. The first-order valence-electron chi connectivity index (χ1n) is 8.98. The summed E-state index contributed by atoms with van der Waals surface area (Å²) in [7, 11) is 3.24. The molecule has 7 nitrogen and oxygen atoms in total. The van der Waals surface area contributed by atoms with E-state index in [0.717, 1.165) is 36.4 Å². The highest BCUT2D eigenvalue weighted by Gasteiger charge is 2.30. The van der Waals surface area contributed by atoms with Crippen molar-refractivity contribution in [3.63, 3.8) is 0 Å². The van der Waals surface area contributed by atoms with Gasteiger partial charge >= 0.3 is 6.03 Å². The number of urea groups is 1. The standard InChI is InChI=1S/C19H29N3O4/c1-13(2)11-20-19(24)21-18(23)12-22-9-5-6-16(22)15-8-7-14(25-3)10-17(15)26-4/h7-8,10,13,16H,5-6,9,11-12H2,1-4H3,(H2,20,21,23,24)/t16-/m1/s1. The molecule has 0 saturated carbocycles. The van der Waals surface area contributed by atoms with Gasteiger partial charge in [0.05, 0.1) is 20.8 Å². The molecule has 1 aromatic rings. The molecule has 0 aliphatic carbocycles. The van der Waals surface area contributed by atoms with E-state index in [1.807, 2.05) is 32.0 Å². The zero-order chi connectivity index (χ0) is 19.1. The van der Waals surface area contributed by atoms with Crippen LogP contribution in [0.15, 0.2) is 18.2 Å². The summed E-state index contributed by atoms with van der Waals surface area (Å²) >= 11 is 0. The number of carbonyl (C=O) groups excluding carboxylic acids is 2. The number of benzene rings is 1. The van der Waals surface area contributed by atoms with Gasteiger partial charge in [0.1, 0.15) is 11.5 Å². The molecule has 1 atom stereocenters. The average Bonchev–Trinajstić information content (AvgIpc) is 3.06. The second-order valence-corrected chi connectivity index (χ2v) is 6.89. The Balaban J connectivity index is 1.99. The van der Waals surface area contributed by atoms with E-state index in [1.54, 1.807) is 14.2 Å². The number of amides is 3. The van der Waals surface area contributed by atoms with Gasteiger partial charge < -0.3 is 14.8 Å². The van der Waals surface area contributed by atoms with Crippen LogP contribution in [0.25, 0.3) is 0 Å². The Morgan fingerprint density at radius 3 is 2.69 bits per heavy atom. The minimum atomic E-state index is -0.443. The first-order valence-corrected chi connectivity index (χ1v) is 8.98. The number of hydrogen-bond donors (Lipinski definition) is 2. The van der Waals surface area contributed by atoms with Crippen molar-refractivity contribution in [1.29, 1.82) is 0 Å². The Morgan fingerprint density at radius 2 is 2.04 bits per heavy atom. The highest BCUT2D eigenvalue weighted by atomic mass is 16.5. The van der Waals surface area contributed by atoms with Crippen LogP contribution in [0, 0.1) is 5.92 Å². The molecular formula is C19H29N3O4. The van der Waals surface area contributed by atoms with Gasteiger partial charge in [-0.2, -0.15) is 0 Å². The molecular weight excluding hydrogens is 334 g/mol. The SMILES string of the molecule is COc1ccc([C@H]2CCCN2CC(=O)NC(=O)NCC(C)C)c(OC)c1.